The minimum Gasteiger partial charge on any atom is -0.327 e. The highest BCUT2D eigenvalue weighted by molar-refractivity contribution is 4.99. The number of hydrogen-bond acceptors (Lipinski definition) is 3. The molecule has 1 atom stereocenters. The number of nitrogens with zero attached hydrogens (tertiary/aromatic N) is 3. The van der Waals surface area contributed by atoms with Crippen molar-refractivity contribution in [3.8, 4) is 0 Å². The Morgan fingerprint density at radius 3 is 3.13 bits per heavy atom. The quantitative estimate of drug-likeness (QED) is 0.800. The second-order valence-electron chi connectivity index (χ2n) is 4.30. The fourth-order valence-corrected chi connectivity index (χ4v) is 2.13. The number of aryl methyl sites for hydroxylation is 1. The van der Waals surface area contributed by atoms with E-state index in [0.717, 1.165) is 31.9 Å². The summed E-state index contributed by atoms with van der Waals surface area (Å²) < 4.78 is 1.97. The summed E-state index contributed by atoms with van der Waals surface area (Å²) >= 11 is 0. The fourth-order valence-electron chi connectivity index (χ4n) is 2.13. The molecule has 1 aliphatic rings. The normalized spacial score (nSPS) is 23.2. The van der Waals surface area contributed by atoms with E-state index >= 15 is 0 Å². The van der Waals surface area contributed by atoms with Gasteiger partial charge in [-0.25, -0.2) is 0 Å². The molecule has 1 saturated heterocycles. The van der Waals surface area contributed by atoms with Crippen LogP contribution in [0.5, 0.6) is 0 Å². The van der Waals surface area contributed by atoms with Crippen LogP contribution in [0, 0.1) is 0 Å². The molecule has 84 valence electrons. The number of nitrogens with two attached hydrogens (primary N) is 1. The van der Waals surface area contributed by atoms with Crippen LogP contribution in [0.4, 0.5) is 0 Å². The van der Waals surface area contributed by atoms with Gasteiger partial charge in [0.15, 0.2) is 0 Å². The Labute approximate surface area is 91.1 Å². The molecule has 1 aliphatic heterocycles. The van der Waals surface area contributed by atoms with E-state index in [1.165, 1.54) is 12.8 Å². The molecule has 0 radical (unpaired) electrons. The van der Waals surface area contributed by atoms with Crippen LogP contribution in [0.25, 0.3) is 0 Å². The average molecular weight is 208 g/mol. The number of hydrogen-bond donors (Lipinski definition) is 1. The highest BCUT2D eigenvalue weighted by Gasteiger charge is 2.17. The summed E-state index contributed by atoms with van der Waals surface area (Å²) in [7, 11) is 0. The van der Waals surface area contributed by atoms with Gasteiger partial charge in [-0.1, -0.05) is 0 Å². The topological polar surface area (TPSA) is 47.1 Å². The molecular weight excluding hydrogens is 188 g/mol. The third-order valence-electron chi connectivity index (χ3n) is 2.95. The summed E-state index contributed by atoms with van der Waals surface area (Å²) in [6, 6.07) is 2.45. The highest BCUT2D eigenvalue weighted by atomic mass is 15.3. The molecule has 15 heavy (non-hydrogen) atoms. The van der Waals surface area contributed by atoms with Crippen molar-refractivity contribution in [2.45, 2.75) is 38.9 Å². The van der Waals surface area contributed by atoms with Crippen molar-refractivity contribution in [1.29, 1.82) is 0 Å². The molecule has 4 heteroatoms. The zero-order valence-electron chi connectivity index (χ0n) is 9.39. The second kappa shape index (κ2) is 4.77. The van der Waals surface area contributed by atoms with E-state index in [2.05, 4.69) is 23.0 Å². The van der Waals surface area contributed by atoms with Crippen LogP contribution in [-0.4, -0.2) is 33.8 Å². The van der Waals surface area contributed by atoms with Gasteiger partial charge >= 0.3 is 0 Å². The van der Waals surface area contributed by atoms with Crippen molar-refractivity contribution in [1.82, 2.24) is 14.7 Å². The Kier molecular flexibility index (Phi) is 3.38. The van der Waals surface area contributed by atoms with E-state index in [9.17, 15) is 0 Å². The lowest BCUT2D eigenvalue weighted by molar-refractivity contribution is 0.199. The molecule has 0 aliphatic carbocycles. The van der Waals surface area contributed by atoms with Gasteiger partial charge in [0.1, 0.15) is 0 Å². The van der Waals surface area contributed by atoms with Gasteiger partial charge < -0.3 is 5.73 Å². The number of aromatic nitrogens is 2. The first kappa shape index (κ1) is 10.6. The summed E-state index contributed by atoms with van der Waals surface area (Å²) in [5.74, 6) is 0. The summed E-state index contributed by atoms with van der Waals surface area (Å²) in [6.45, 7) is 6.17. The molecule has 1 aromatic heterocycles. The highest BCUT2D eigenvalue weighted by Crippen LogP contribution is 2.11. The first-order valence-electron chi connectivity index (χ1n) is 5.78. The maximum atomic E-state index is 5.94. The van der Waals surface area contributed by atoms with E-state index in [4.69, 9.17) is 5.73 Å². The SMILES string of the molecule is CCn1ccc(CN2CCCC(N)C2)n1. The predicted octanol–water partition coefficient (Wildman–Crippen LogP) is 0.826. The van der Waals surface area contributed by atoms with Crippen molar-refractivity contribution in [2.24, 2.45) is 5.73 Å². The van der Waals surface area contributed by atoms with Gasteiger partial charge in [-0.05, 0) is 32.4 Å². The van der Waals surface area contributed by atoms with Gasteiger partial charge in [0.2, 0.25) is 0 Å². The monoisotopic (exact) mass is 208 g/mol. The largest absolute Gasteiger partial charge is 0.327 e. The van der Waals surface area contributed by atoms with Crippen molar-refractivity contribution >= 4 is 0 Å². The van der Waals surface area contributed by atoms with E-state index in [-0.39, 0.29) is 0 Å². The minimum atomic E-state index is 0.354. The summed E-state index contributed by atoms with van der Waals surface area (Å²) in [5, 5.41) is 4.48. The average Bonchev–Trinajstić information content (AvgIpc) is 2.65. The van der Waals surface area contributed by atoms with Crippen LogP contribution < -0.4 is 5.73 Å². The second-order valence-corrected chi connectivity index (χ2v) is 4.30. The van der Waals surface area contributed by atoms with Crippen molar-refractivity contribution in [3.05, 3.63) is 18.0 Å². The molecule has 2 rings (SSSR count). The fraction of sp³-hybridized carbons (Fsp3) is 0.727. The molecular formula is C11H20N4. The molecule has 1 unspecified atom stereocenters. The molecule has 2 heterocycles. The van der Waals surface area contributed by atoms with Gasteiger partial charge in [0.05, 0.1) is 5.69 Å². The third kappa shape index (κ3) is 2.79. The maximum absolute atomic E-state index is 5.94. The van der Waals surface area contributed by atoms with Crippen LogP contribution in [0.15, 0.2) is 12.3 Å². The van der Waals surface area contributed by atoms with Crippen LogP contribution in [0.2, 0.25) is 0 Å². The minimum absolute atomic E-state index is 0.354. The van der Waals surface area contributed by atoms with Gasteiger partial charge in [-0.3, -0.25) is 9.58 Å². The Balaban J connectivity index is 1.90. The Bertz CT molecular complexity index is 307. The Morgan fingerprint density at radius 2 is 2.47 bits per heavy atom. The predicted molar refractivity (Wildman–Crippen MR) is 60.4 cm³/mol. The molecule has 0 amide bonds. The molecule has 4 nitrogen and oxygen atoms in total. The lowest BCUT2D eigenvalue weighted by Crippen LogP contribution is -2.42. The summed E-state index contributed by atoms with van der Waals surface area (Å²) in [4.78, 5) is 2.40. The van der Waals surface area contributed by atoms with Crippen LogP contribution >= 0.6 is 0 Å². The molecule has 0 bridgehead atoms. The summed E-state index contributed by atoms with van der Waals surface area (Å²) in [6.07, 6.45) is 4.43. The summed E-state index contributed by atoms with van der Waals surface area (Å²) in [5.41, 5.74) is 7.10. The molecule has 2 N–H and O–H groups in total. The molecule has 0 aromatic carbocycles. The zero-order chi connectivity index (χ0) is 10.7. The van der Waals surface area contributed by atoms with Crippen molar-refractivity contribution in [2.75, 3.05) is 13.1 Å². The number of rotatable bonds is 3. The lowest BCUT2D eigenvalue weighted by Gasteiger charge is -2.29. The third-order valence-corrected chi connectivity index (χ3v) is 2.95. The maximum Gasteiger partial charge on any atom is 0.0764 e. The standard InChI is InChI=1S/C11H20N4/c1-2-15-7-5-11(13-15)9-14-6-3-4-10(12)8-14/h5,7,10H,2-4,6,8-9,12H2,1H3. The number of piperidine rings is 1. The van der Waals surface area contributed by atoms with E-state index in [1.807, 2.05) is 10.9 Å². The van der Waals surface area contributed by atoms with Crippen LogP contribution in [-0.2, 0) is 13.1 Å². The molecule has 0 saturated carbocycles. The Hall–Kier alpha value is -0.870. The van der Waals surface area contributed by atoms with Crippen molar-refractivity contribution in [3.63, 3.8) is 0 Å². The van der Waals surface area contributed by atoms with Gasteiger partial charge in [0, 0.05) is 31.9 Å². The molecule has 1 aromatic rings. The number of likely N-dealkylation sites (tertiary alicyclic amines) is 1. The first-order valence-corrected chi connectivity index (χ1v) is 5.78. The van der Waals surface area contributed by atoms with Gasteiger partial charge in [-0.2, -0.15) is 5.10 Å². The van der Waals surface area contributed by atoms with E-state index < -0.39 is 0 Å². The van der Waals surface area contributed by atoms with E-state index in [0.29, 0.717) is 6.04 Å². The molecule has 1 fully saturated rings. The van der Waals surface area contributed by atoms with Crippen molar-refractivity contribution < 1.29 is 0 Å². The Morgan fingerprint density at radius 1 is 1.60 bits per heavy atom. The van der Waals surface area contributed by atoms with Crippen LogP contribution in [0.3, 0.4) is 0 Å². The van der Waals surface area contributed by atoms with Crippen LogP contribution in [0.1, 0.15) is 25.5 Å². The lowest BCUT2D eigenvalue weighted by atomic mass is 10.1. The zero-order valence-corrected chi connectivity index (χ0v) is 9.39. The molecule has 0 spiro atoms. The van der Waals surface area contributed by atoms with Gasteiger partial charge in [-0.15, -0.1) is 0 Å². The van der Waals surface area contributed by atoms with E-state index in [1.54, 1.807) is 0 Å². The van der Waals surface area contributed by atoms with Gasteiger partial charge in [0.25, 0.3) is 0 Å². The smallest absolute Gasteiger partial charge is 0.0764 e. The first-order chi connectivity index (χ1) is 7.28.